The first-order valence-electron chi connectivity index (χ1n) is 7.50. The van der Waals surface area contributed by atoms with Gasteiger partial charge in [-0.3, -0.25) is 4.79 Å². The lowest BCUT2D eigenvalue weighted by molar-refractivity contribution is 0.0932. The van der Waals surface area contributed by atoms with Crippen molar-refractivity contribution >= 4 is 33.1 Å². The number of carbonyl (C=O) groups excluding carboxylic acids is 1. The van der Waals surface area contributed by atoms with Gasteiger partial charge in [0, 0.05) is 34.8 Å². The van der Waals surface area contributed by atoms with E-state index in [4.69, 9.17) is 0 Å². The van der Waals surface area contributed by atoms with Gasteiger partial charge in [-0.25, -0.2) is 9.97 Å². The molecule has 0 bridgehead atoms. The predicted molar refractivity (Wildman–Crippen MR) is 92.1 cm³/mol. The Bertz CT molecular complexity index is 855. The van der Waals surface area contributed by atoms with Crippen molar-refractivity contribution in [1.29, 1.82) is 0 Å². The number of amides is 1. The number of rotatable bonds is 3. The molecule has 3 aromatic rings. The molecule has 23 heavy (non-hydrogen) atoms. The van der Waals surface area contributed by atoms with Gasteiger partial charge >= 0.3 is 0 Å². The van der Waals surface area contributed by atoms with E-state index in [1.54, 1.807) is 23.9 Å². The molecule has 0 unspecified atom stereocenters. The molecular formula is C17H16N4OS. The number of nitrogens with one attached hydrogen (secondary N) is 1. The van der Waals surface area contributed by atoms with Crippen molar-refractivity contribution in [2.75, 3.05) is 18.0 Å². The van der Waals surface area contributed by atoms with Crippen molar-refractivity contribution in [2.24, 2.45) is 0 Å². The summed E-state index contributed by atoms with van der Waals surface area (Å²) in [5, 5.41) is 6.10. The highest BCUT2D eigenvalue weighted by Gasteiger charge is 2.29. The SMILES string of the molecule is Cc1ccc2scc(C(=O)NC3CN(c4ccncn4)C3)c2c1. The summed E-state index contributed by atoms with van der Waals surface area (Å²) in [6.07, 6.45) is 3.27. The van der Waals surface area contributed by atoms with E-state index in [-0.39, 0.29) is 11.9 Å². The fraction of sp³-hybridized carbons (Fsp3) is 0.235. The minimum Gasteiger partial charge on any atom is -0.352 e. The van der Waals surface area contributed by atoms with Gasteiger partial charge in [0.25, 0.3) is 5.91 Å². The summed E-state index contributed by atoms with van der Waals surface area (Å²) in [4.78, 5) is 22.8. The molecule has 116 valence electrons. The molecule has 0 radical (unpaired) electrons. The monoisotopic (exact) mass is 324 g/mol. The van der Waals surface area contributed by atoms with E-state index in [0.29, 0.717) is 0 Å². The van der Waals surface area contributed by atoms with E-state index in [2.05, 4.69) is 38.4 Å². The molecule has 1 amide bonds. The number of fused-ring (bicyclic) bond motifs is 1. The number of nitrogens with zero attached hydrogens (tertiary/aromatic N) is 3. The Morgan fingerprint density at radius 1 is 1.35 bits per heavy atom. The summed E-state index contributed by atoms with van der Waals surface area (Å²) in [5.74, 6) is 0.913. The number of hydrogen-bond donors (Lipinski definition) is 1. The summed E-state index contributed by atoms with van der Waals surface area (Å²) in [5.41, 5.74) is 1.94. The third-order valence-corrected chi connectivity index (χ3v) is 5.04. The first kappa shape index (κ1) is 14.1. The lowest BCUT2D eigenvalue weighted by Crippen LogP contribution is -2.59. The highest BCUT2D eigenvalue weighted by atomic mass is 32.1. The lowest BCUT2D eigenvalue weighted by atomic mass is 10.1. The van der Waals surface area contributed by atoms with Gasteiger partial charge in [0.1, 0.15) is 12.1 Å². The lowest BCUT2D eigenvalue weighted by Gasteiger charge is -2.40. The number of benzene rings is 1. The second kappa shape index (κ2) is 5.62. The Labute approximate surface area is 138 Å². The number of aryl methyl sites for hydroxylation is 1. The van der Waals surface area contributed by atoms with Gasteiger partial charge in [0.2, 0.25) is 0 Å². The largest absolute Gasteiger partial charge is 0.352 e. The van der Waals surface area contributed by atoms with Gasteiger partial charge in [-0.2, -0.15) is 0 Å². The van der Waals surface area contributed by atoms with Crippen LogP contribution < -0.4 is 10.2 Å². The predicted octanol–water partition coefficient (Wildman–Crippen LogP) is 2.62. The number of anilines is 1. The molecule has 1 N–H and O–H groups in total. The minimum absolute atomic E-state index is 0.00851. The maximum Gasteiger partial charge on any atom is 0.253 e. The van der Waals surface area contributed by atoms with Crippen LogP contribution in [0.5, 0.6) is 0 Å². The van der Waals surface area contributed by atoms with E-state index in [9.17, 15) is 4.79 Å². The normalized spacial score (nSPS) is 14.7. The van der Waals surface area contributed by atoms with Crippen LogP contribution in [0.3, 0.4) is 0 Å². The van der Waals surface area contributed by atoms with Crippen LogP contribution in [-0.4, -0.2) is 35.0 Å². The number of thiophene rings is 1. The zero-order valence-corrected chi connectivity index (χ0v) is 13.5. The summed E-state index contributed by atoms with van der Waals surface area (Å²) in [6.45, 7) is 3.61. The molecule has 0 aliphatic carbocycles. The molecule has 2 aromatic heterocycles. The van der Waals surface area contributed by atoms with Crippen LogP contribution in [0.2, 0.25) is 0 Å². The van der Waals surface area contributed by atoms with E-state index in [1.807, 2.05) is 18.4 Å². The van der Waals surface area contributed by atoms with Crippen molar-refractivity contribution in [3.8, 4) is 0 Å². The number of hydrogen-bond acceptors (Lipinski definition) is 5. The minimum atomic E-state index is 0.00851. The highest BCUT2D eigenvalue weighted by Crippen LogP contribution is 2.27. The Balaban J connectivity index is 1.44. The van der Waals surface area contributed by atoms with Crippen LogP contribution in [0.25, 0.3) is 10.1 Å². The second-order valence-electron chi connectivity index (χ2n) is 5.79. The molecule has 1 aliphatic rings. The molecule has 5 nitrogen and oxygen atoms in total. The number of aromatic nitrogens is 2. The summed E-state index contributed by atoms with van der Waals surface area (Å²) < 4.78 is 1.15. The van der Waals surface area contributed by atoms with Crippen molar-refractivity contribution in [3.05, 3.63) is 53.3 Å². The fourth-order valence-corrected chi connectivity index (χ4v) is 3.73. The molecule has 1 saturated heterocycles. The van der Waals surface area contributed by atoms with Crippen LogP contribution in [0.15, 0.2) is 42.2 Å². The van der Waals surface area contributed by atoms with Gasteiger partial charge in [0.15, 0.2) is 0 Å². The van der Waals surface area contributed by atoms with E-state index >= 15 is 0 Å². The Kier molecular flexibility index (Phi) is 3.46. The third kappa shape index (κ3) is 2.66. The van der Waals surface area contributed by atoms with Gasteiger partial charge in [0.05, 0.1) is 11.6 Å². The Hall–Kier alpha value is -2.47. The molecule has 1 fully saturated rings. The van der Waals surface area contributed by atoms with Crippen molar-refractivity contribution in [2.45, 2.75) is 13.0 Å². The van der Waals surface area contributed by atoms with Gasteiger partial charge in [-0.15, -0.1) is 11.3 Å². The molecule has 0 spiro atoms. The molecule has 0 saturated carbocycles. The van der Waals surface area contributed by atoms with Crippen molar-refractivity contribution in [3.63, 3.8) is 0 Å². The van der Waals surface area contributed by atoms with E-state index in [0.717, 1.165) is 34.6 Å². The standard InChI is InChI=1S/C17H16N4OS/c1-11-2-3-15-13(6-11)14(9-23-15)17(22)20-12-7-21(8-12)16-4-5-18-10-19-16/h2-6,9-10,12H,7-8H2,1H3,(H,20,22). The van der Waals surface area contributed by atoms with E-state index < -0.39 is 0 Å². The average Bonchev–Trinajstić information content (AvgIpc) is 2.94. The first-order valence-corrected chi connectivity index (χ1v) is 8.38. The molecule has 1 aliphatic heterocycles. The summed E-state index contributed by atoms with van der Waals surface area (Å²) in [6, 6.07) is 8.28. The first-order chi connectivity index (χ1) is 11.2. The topological polar surface area (TPSA) is 58.1 Å². The molecule has 1 aromatic carbocycles. The Morgan fingerprint density at radius 2 is 2.22 bits per heavy atom. The second-order valence-corrected chi connectivity index (χ2v) is 6.70. The Morgan fingerprint density at radius 3 is 3.00 bits per heavy atom. The van der Waals surface area contributed by atoms with Crippen LogP contribution in [0.4, 0.5) is 5.82 Å². The highest BCUT2D eigenvalue weighted by molar-refractivity contribution is 7.17. The quantitative estimate of drug-likeness (QED) is 0.804. The van der Waals surface area contributed by atoms with Gasteiger partial charge in [-0.05, 0) is 25.1 Å². The van der Waals surface area contributed by atoms with Gasteiger partial charge < -0.3 is 10.2 Å². The van der Waals surface area contributed by atoms with Crippen LogP contribution in [-0.2, 0) is 0 Å². The van der Waals surface area contributed by atoms with Crippen molar-refractivity contribution in [1.82, 2.24) is 15.3 Å². The zero-order valence-electron chi connectivity index (χ0n) is 12.7. The summed E-state index contributed by atoms with van der Waals surface area (Å²) >= 11 is 1.61. The average molecular weight is 324 g/mol. The maximum atomic E-state index is 12.5. The number of carbonyl (C=O) groups is 1. The molecule has 4 rings (SSSR count). The van der Waals surface area contributed by atoms with Gasteiger partial charge in [-0.1, -0.05) is 11.6 Å². The van der Waals surface area contributed by atoms with E-state index in [1.165, 1.54) is 5.56 Å². The zero-order chi connectivity index (χ0) is 15.8. The third-order valence-electron chi connectivity index (χ3n) is 4.08. The fourth-order valence-electron chi connectivity index (χ4n) is 2.81. The van der Waals surface area contributed by atoms with Crippen LogP contribution >= 0.6 is 11.3 Å². The maximum absolute atomic E-state index is 12.5. The smallest absolute Gasteiger partial charge is 0.253 e. The summed E-state index contributed by atoms with van der Waals surface area (Å²) in [7, 11) is 0. The van der Waals surface area contributed by atoms with Crippen LogP contribution in [0.1, 0.15) is 15.9 Å². The molecule has 3 heterocycles. The van der Waals surface area contributed by atoms with Crippen LogP contribution in [0, 0.1) is 6.92 Å². The molecule has 0 atom stereocenters. The molecular weight excluding hydrogens is 308 g/mol. The van der Waals surface area contributed by atoms with Crippen molar-refractivity contribution < 1.29 is 4.79 Å². The molecule has 6 heteroatoms.